The smallest absolute Gasteiger partial charge is 0.335 e. The summed E-state index contributed by atoms with van der Waals surface area (Å²) >= 11 is 5.93. The molecule has 0 saturated heterocycles. The predicted octanol–water partition coefficient (Wildman–Crippen LogP) is 0.735. The summed E-state index contributed by atoms with van der Waals surface area (Å²) in [6, 6.07) is 4.57. The van der Waals surface area contributed by atoms with Crippen LogP contribution in [-0.4, -0.2) is 66.9 Å². The first-order valence-corrected chi connectivity index (χ1v) is 8.34. The number of hydrogen-bond donors (Lipinski definition) is 7. The van der Waals surface area contributed by atoms with Gasteiger partial charge >= 0.3 is 11.9 Å². The van der Waals surface area contributed by atoms with Gasteiger partial charge in [0.05, 0.1) is 17.5 Å². The maximum atomic E-state index is 9.93. The number of benzene rings is 1. The topological polar surface area (TPSA) is 168 Å². The Hall–Kier alpha value is -1.91. The Bertz CT molecular complexity index is 632. The average molecular weight is 408 g/mol. The number of carboxylic acid groups (broad SMARTS) is 2. The molecule has 1 rings (SSSR count). The van der Waals surface area contributed by atoms with Crippen LogP contribution in [0.2, 0.25) is 5.02 Å². The Kier molecular flexibility index (Phi) is 10.3. The summed E-state index contributed by atoms with van der Waals surface area (Å²) in [5, 5.41) is 56.0. The summed E-state index contributed by atoms with van der Waals surface area (Å²) in [5.74, 6) is -2.90. The molecule has 3 atom stereocenters. The average Bonchev–Trinajstić information content (AvgIpc) is 2.51. The van der Waals surface area contributed by atoms with Crippen LogP contribution < -0.4 is 5.32 Å². The summed E-state index contributed by atoms with van der Waals surface area (Å²) in [6.45, 7) is 6.50. The minimum Gasteiger partial charge on any atom is -0.508 e. The number of aliphatic carboxylic acids is 2. The number of phenols is 1. The lowest BCUT2D eigenvalue weighted by atomic mass is 10.1. The van der Waals surface area contributed by atoms with Crippen molar-refractivity contribution >= 4 is 23.5 Å². The molecular weight excluding hydrogens is 382 g/mol. The molecule has 0 saturated carbocycles. The second-order valence-corrected chi connectivity index (χ2v) is 7.21. The van der Waals surface area contributed by atoms with E-state index in [1.807, 2.05) is 20.8 Å². The van der Waals surface area contributed by atoms with Gasteiger partial charge in [0.2, 0.25) is 0 Å². The third-order valence-electron chi connectivity index (χ3n) is 3.17. The van der Waals surface area contributed by atoms with Crippen LogP contribution in [-0.2, 0) is 9.59 Å². The van der Waals surface area contributed by atoms with Gasteiger partial charge in [-0.25, -0.2) is 4.79 Å². The molecule has 1 aromatic carbocycles. The molecule has 0 aliphatic rings. The SMILES string of the molecule is CC(C)(C)NC[C@H](O)c1ccc(O)cc1Cl.O=C(O)C[C@@H](O)[C@@H](O)C(=O)O. The van der Waals surface area contributed by atoms with Gasteiger partial charge in [0, 0.05) is 17.6 Å². The van der Waals surface area contributed by atoms with Gasteiger partial charge in [0.15, 0.2) is 6.10 Å². The molecule has 0 bridgehead atoms. The van der Waals surface area contributed by atoms with Gasteiger partial charge in [-0.05, 0) is 32.9 Å². The Balaban J connectivity index is 0.000000541. The Labute approximate surface area is 161 Å². The number of carboxylic acids is 2. The third-order valence-corrected chi connectivity index (χ3v) is 3.50. The molecule has 7 N–H and O–H groups in total. The Morgan fingerprint density at radius 2 is 1.70 bits per heavy atom. The van der Waals surface area contributed by atoms with Crippen molar-refractivity contribution in [3.8, 4) is 5.75 Å². The third kappa shape index (κ3) is 10.7. The highest BCUT2D eigenvalue weighted by molar-refractivity contribution is 6.31. The maximum Gasteiger partial charge on any atom is 0.335 e. The molecule has 0 aliphatic carbocycles. The summed E-state index contributed by atoms with van der Waals surface area (Å²) in [6.07, 6.45) is -5.25. The number of phenolic OH excluding ortho intramolecular Hbond substituents is 1. The second kappa shape index (κ2) is 11.1. The number of aromatic hydroxyl groups is 1. The van der Waals surface area contributed by atoms with E-state index < -0.39 is 36.7 Å². The molecule has 0 fully saturated rings. The fraction of sp³-hybridized carbons (Fsp3) is 0.529. The van der Waals surface area contributed by atoms with E-state index in [2.05, 4.69) is 5.32 Å². The normalized spacial score (nSPS) is 14.5. The van der Waals surface area contributed by atoms with Gasteiger partial charge in [0.25, 0.3) is 0 Å². The van der Waals surface area contributed by atoms with Crippen LogP contribution in [0, 0.1) is 0 Å². The first-order valence-electron chi connectivity index (χ1n) is 7.96. The van der Waals surface area contributed by atoms with Gasteiger partial charge < -0.3 is 36.0 Å². The van der Waals surface area contributed by atoms with Crippen LogP contribution in [0.25, 0.3) is 0 Å². The molecule has 0 heterocycles. The minimum absolute atomic E-state index is 0.0512. The quantitative estimate of drug-likeness (QED) is 0.344. The molecule has 0 radical (unpaired) electrons. The van der Waals surface area contributed by atoms with E-state index in [0.717, 1.165) is 0 Å². The number of carbonyl (C=O) groups is 2. The van der Waals surface area contributed by atoms with Crippen molar-refractivity contribution in [1.82, 2.24) is 5.32 Å². The molecule has 154 valence electrons. The van der Waals surface area contributed by atoms with E-state index in [4.69, 9.17) is 32.0 Å². The van der Waals surface area contributed by atoms with Crippen LogP contribution in [0.15, 0.2) is 18.2 Å². The highest BCUT2D eigenvalue weighted by Crippen LogP contribution is 2.26. The highest BCUT2D eigenvalue weighted by atomic mass is 35.5. The zero-order chi connectivity index (χ0) is 21.4. The van der Waals surface area contributed by atoms with Crippen molar-refractivity contribution in [1.29, 1.82) is 0 Å². The monoisotopic (exact) mass is 407 g/mol. The summed E-state index contributed by atoms with van der Waals surface area (Å²) < 4.78 is 0. The van der Waals surface area contributed by atoms with Gasteiger partial charge in [-0.15, -0.1) is 0 Å². The van der Waals surface area contributed by atoms with Crippen molar-refractivity contribution in [3.63, 3.8) is 0 Å². The lowest BCUT2D eigenvalue weighted by Crippen LogP contribution is -2.38. The van der Waals surface area contributed by atoms with Crippen molar-refractivity contribution in [3.05, 3.63) is 28.8 Å². The molecule has 27 heavy (non-hydrogen) atoms. The van der Waals surface area contributed by atoms with Crippen molar-refractivity contribution in [2.24, 2.45) is 0 Å². The molecule has 0 aliphatic heterocycles. The lowest BCUT2D eigenvalue weighted by Gasteiger charge is -2.23. The second-order valence-electron chi connectivity index (χ2n) is 6.80. The van der Waals surface area contributed by atoms with Crippen LogP contribution >= 0.6 is 11.6 Å². The predicted molar refractivity (Wildman–Crippen MR) is 97.7 cm³/mol. The first kappa shape index (κ1) is 25.1. The zero-order valence-electron chi connectivity index (χ0n) is 15.3. The summed E-state index contributed by atoms with van der Waals surface area (Å²) in [5.41, 5.74) is 0.570. The van der Waals surface area contributed by atoms with Gasteiger partial charge in [-0.2, -0.15) is 0 Å². The minimum atomic E-state index is -2.04. The number of hydrogen-bond acceptors (Lipinski definition) is 7. The van der Waals surface area contributed by atoms with E-state index in [0.29, 0.717) is 17.1 Å². The Morgan fingerprint density at radius 3 is 2.11 bits per heavy atom. The van der Waals surface area contributed by atoms with E-state index in [9.17, 15) is 19.8 Å². The molecule has 0 aromatic heterocycles. The standard InChI is InChI=1S/C12H18ClNO2.C5H8O6/c1-12(2,3)14-7-11(16)9-5-4-8(15)6-10(9)13;6-2(1-3(7)8)4(9)5(10)11/h4-6,11,14-16H,7H2,1-3H3;2,4,6,9H,1H2,(H,7,8)(H,10,11)/t11-;2-,4-/m01/s1. The van der Waals surface area contributed by atoms with Crippen LogP contribution in [0.1, 0.15) is 38.9 Å². The number of aliphatic hydroxyl groups is 3. The van der Waals surface area contributed by atoms with E-state index in [-0.39, 0.29) is 11.3 Å². The van der Waals surface area contributed by atoms with Crippen LogP contribution in [0.5, 0.6) is 5.75 Å². The zero-order valence-corrected chi connectivity index (χ0v) is 16.0. The highest BCUT2D eigenvalue weighted by Gasteiger charge is 2.25. The molecule has 10 heteroatoms. The number of halogens is 1. The van der Waals surface area contributed by atoms with Crippen molar-refractivity contribution in [2.45, 2.75) is 51.0 Å². The summed E-state index contributed by atoms with van der Waals surface area (Å²) in [7, 11) is 0. The van der Waals surface area contributed by atoms with E-state index in [1.165, 1.54) is 12.1 Å². The molecule has 0 spiro atoms. The number of nitrogens with one attached hydrogen (secondary N) is 1. The van der Waals surface area contributed by atoms with Gasteiger partial charge in [-0.3, -0.25) is 4.79 Å². The fourth-order valence-corrected chi connectivity index (χ4v) is 2.05. The van der Waals surface area contributed by atoms with E-state index in [1.54, 1.807) is 6.07 Å². The van der Waals surface area contributed by atoms with E-state index >= 15 is 0 Å². The first-order chi connectivity index (χ1) is 12.2. The largest absolute Gasteiger partial charge is 0.508 e. The van der Waals surface area contributed by atoms with Crippen LogP contribution in [0.3, 0.4) is 0 Å². The maximum absolute atomic E-state index is 9.93. The van der Waals surface area contributed by atoms with Crippen LogP contribution in [0.4, 0.5) is 0 Å². The lowest BCUT2D eigenvalue weighted by molar-refractivity contribution is -0.155. The van der Waals surface area contributed by atoms with Crippen molar-refractivity contribution < 1.29 is 40.2 Å². The van der Waals surface area contributed by atoms with Gasteiger partial charge in [-0.1, -0.05) is 17.7 Å². The number of β-amino-alcohol motifs (C(OH)–C–C–N with tert-alkyl or cyclic N) is 1. The van der Waals surface area contributed by atoms with Crippen molar-refractivity contribution in [2.75, 3.05) is 6.54 Å². The molecule has 9 nitrogen and oxygen atoms in total. The number of rotatable bonds is 7. The Morgan fingerprint density at radius 1 is 1.15 bits per heavy atom. The van der Waals surface area contributed by atoms with Gasteiger partial charge in [0.1, 0.15) is 11.9 Å². The molecule has 0 amide bonds. The fourth-order valence-electron chi connectivity index (χ4n) is 1.75. The molecular formula is C17H26ClNO8. The molecule has 1 aromatic rings. The summed E-state index contributed by atoms with van der Waals surface area (Å²) in [4.78, 5) is 19.8. The molecule has 0 unspecified atom stereocenters. The number of aliphatic hydroxyl groups excluding tert-OH is 3.